The summed E-state index contributed by atoms with van der Waals surface area (Å²) in [5, 5.41) is 1.70. The summed E-state index contributed by atoms with van der Waals surface area (Å²) in [4.78, 5) is 10.6. The molecule has 0 spiro atoms. The number of aryl methyl sites for hydroxylation is 2. The van der Waals surface area contributed by atoms with Crippen LogP contribution in [0, 0.1) is 13.8 Å². The van der Waals surface area contributed by atoms with Crippen LogP contribution in [0.4, 0.5) is 0 Å². The summed E-state index contributed by atoms with van der Waals surface area (Å²) in [5.74, 6) is 0. The van der Waals surface area contributed by atoms with Crippen molar-refractivity contribution in [3.63, 3.8) is 0 Å². The van der Waals surface area contributed by atoms with Gasteiger partial charge >= 0.3 is 0 Å². The largest absolute Gasteiger partial charge is 0.358 e. The minimum atomic E-state index is -2.60. The minimum absolute atomic E-state index is 0.849. The van der Waals surface area contributed by atoms with Crippen molar-refractivity contribution < 1.29 is 4.89 Å². The molecular weight excluding hydrogens is 247 g/mol. The zero-order chi connectivity index (χ0) is 12.5. The van der Waals surface area contributed by atoms with E-state index in [1.54, 1.807) is 0 Å². The highest BCUT2D eigenvalue weighted by molar-refractivity contribution is 8.19. The molecule has 0 radical (unpaired) electrons. The molecule has 88 valence electrons. The first kappa shape index (κ1) is 12.5. The Morgan fingerprint density at radius 3 is 1.35 bits per heavy atom. The van der Waals surface area contributed by atoms with Crippen molar-refractivity contribution in [2.45, 2.75) is 13.8 Å². The Morgan fingerprint density at radius 2 is 1.06 bits per heavy atom. The van der Waals surface area contributed by atoms with E-state index in [0.717, 1.165) is 10.6 Å². The second-order valence-electron chi connectivity index (χ2n) is 4.25. The van der Waals surface area contributed by atoms with E-state index in [9.17, 15) is 4.89 Å². The van der Waals surface area contributed by atoms with Gasteiger partial charge in [0.15, 0.2) is 0 Å². The predicted molar refractivity (Wildman–Crippen MR) is 78.1 cm³/mol. The summed E-state index contributed by atoms with van der Waals surface area (Å²) >= 11 is 5.43. The Bertz CT molecular complexity index is 508. The van der Waals surface area contributed by atoms with Gasteiger partial charge in [0.1, 0.15) is 6.26 Å². The molecule has 3 heteroatoms. The van der Waals surface area contributed by atoms with Gasteiger partial charge in [0.25, 0.3) is 0 Å². The van der Waals surface area contributed by atoms with E-state index in [1.165, 1.54) is 11.1 Å². The summed E-state index contributed by atoms with van der Waals surface area (Å²) in [7, 11) is 0. The van der Waals surface area contributed by atoms with Gasteiger partial charge in [0, 0.05) is 10.6 Å². The smallest absolute Gasteiger partial charge is 0.120 e. The third-order valence-corrected chi connectivity index (χ3v) is 6.03. The van der Waals surface area contributed by atoms with E-state index < -0.39 is 6.26 Å². The van der Waals surface area contributed by atoms with Gasteiger partial charge in [0.2, 0.25) is 0 Å². The van der Waals surface area contributed by atoms with Crippen LogP contribution in [0.3, 0.4) is 0 Å². The summed E-state index contributed by atoms with van der Waals surface area (Å²) in [6, 6.07) is 15.7. The zero-order valence-corrected chi connectivity index (χ0v) is 11.6. The van der Waals surface area contributed by atoms with E-state index in [1.807, 2.05) is 62.4 Å². The van der Waals surface area contributed by atoms with Gasteiger partial charge in [-0.25, -0.2) is 0 Å². The Kier molecular flexibility index (Phi) is 3.48. The molecule has 2 aromatic rings. The van der Waals surface area contributed by atoms with Crippen LogP contribution in [-0.4, -0.2) is 4.89 Å². The SMILES string of the molecule is Cc1ccc(P(O)(=S)c2ccc(C)cc2)cc1. The highest BCUT2D eigenvalue weighted by atomic mass is 32.4. The molecule has 1 N–H and O–H groups in total. The van der Waals surface area contributed by atoms with E-state index >= 15 is 0 Å². The second kappa shape index (κ2) is 4.73. The molecule has 17 heavy (non-hydrogen) atoms. The van der Waals surface area contributed by atoms with Crippen molar-refractivity contribution in [1.82, 2.24) is 0 Å². The van der Waals surface area contributed by atoms with Crippen molar-refractivity contribution in [1.29, 1.82) is 0 Å². The number of benzene rings is 2. The molecule has 0 aromatic heterocycles. The Balaban J connectivity index is 2.45. The van der Waals surface area contributed by atoms with Crippen molar-refractivity contribution in [2.75, 3.05) is 0 Å². The van der Waals surface area contributed by atoms with Gasteiger partial charge in [-0.05, 0) is 13.8 Å². The molecule has 0 aliphatic rings. The van der Waals surface area contributed by atoms with Crippen LogP contribution in [0.25, 0.3) is 0 Å². The summed E-state index contributed by atoms with van der Waals surface area (Å²) in [5.41, 5.74) is 2.35. The lowest BCUT2D eigenvalue weighted by Crippen LogP contribution is -2.15. The molecule has 1 nitrogen and oxygen atoms in total. The number of hydrogen-bond donors (Lipinski definition) is 1. The molecule has 0 aliphatic carbocycles. The van der Waals surface area contributed by atoms with Crippen LogP contribution in [0.5, 0.6) is 0 Å². The van der Waals surface area contributed by atoms with Crippen molar-refractivity contribution in [2.24, 2.45) is 0 Å². The van der Waals surface area contributed by atoms with Gasteiger partial charge in [-0.2, -0.15) is 0 Å². The first-order chi connectivity index (χ1) is 8.00. The lowest BCUT2D eigenvalue weighted by molar-refractivity contribution is 0.642. The maximum Gasteiger partial charge on any atom is 0.120 e. The van der Waals surface area contributed by atoms with E-state index in [-0.39, 0.29) is 0 Å². The fourth-order valence-electron chi connectivity index (χ4n) is 1.64. The lowest BCUT2D eigenvalue weighted by Gasteiger charge is -2.16. The first-order valence-corrected chi connectivity index (χ1v) is 8.23. The molecule has 0 amide bonds. The maximum atomic E-state index is 10.6. The summed E-state index contributed by atoms with van der Waals surface area (Å²) in [6.07, 6.45) is -2.60. The summed E-state index contributed by atoms with van der Waals surface area (Å²) < 4.78 is 0. The molecular formula is C14H15OPS. The normalized spacial score (nSPS) is 11.5. The average molecular weight is 262 g/mol. The quantitative estimate of drug-likeness (QED) is 0.840. The topological polar surface area (TPSA) is 20.2 Å². The van der Waals surface area contributed by atoms with Gasteiger partial charge in [-0.15, -0.1) is 0 Å². The molecule has 2 rings (SSSR count). The standard InChI is InChI=1S/C14H15OPS/c1-11-3-7-13(8-4-11)16(15,17)14-9-5-12(2)6-10-14/h3-10H,1-2H3,(H,15,17). The van der Waals surface area contributed by atoms with Gasteiger partial charge < -0.3 is 4.89 Å². The van der Waals surface area contributed by atoms with Gasteiger partial charge in [-0.1, -0.05) is 71.5 Å². The van der Waals surface area contributed by atoms with Gasteiger partial charge in [-0.3, -0.25) is 0 Å². The average Bonchev–Trinajstić information content (AvgIpc) is 2.30. The third-order valence-electron chi connectivity index (χ3n) is 2.77. The van der Waals surface area contributed by atoms with Crippen molar-refractivity contribution in [3.8, 4) is 0 Å². The van der Waals surface area contributed by atoms with Crippen LogP contribution in [-0.2, 0) is 11.8 Å². The van der Waals surface area contributed by atoms with Crippen LogP contribution in [0.2, 0.25) is 0 Å². The molecule has 0 fully saturated rings. The molecule has 0 saturated heterocycles. The van der Waals surface area contributed by atoms with Crippen LogP contribution in [0.15, 0.2) is 48.5 Å². The van der Waals surface area contributed by atoms with E-state index in [2.05, 4.69) is 0 Å². The Morgan fingerprint density at radius 1 is 0.765 bits per heavy atom. The molecule has 2 aromatic carbocycles. The van der Waals surface area contributed by atoms with E-state index in [4.69, 9.17) is 11.8 Å². The molecule has 0 saturated carbocycles. The first-order valence-electron chi connectivity index (χ1n) is 5.47. The highest BCUT2D eigenvalue weighted by Gasteiger charge is 2.18. The second-order valence-corrected chi connectivity index (χ2v) is 8.02. The highest BCUT2D eigenvalue weighted by Crippen LogP contribution is 2.38. The Labute approximate surface area is 107 Å². The molecule has 0 aliphatic heterocycles. The molecule has 0 bridgehead atoms. The minimum Gasteiger partial charge on any atom is -0.358 e. The molecule has 0 unspecified atom stereocenters. The maximum absolute atomic E-state index is 10.6. The Hall–Kier alpha value is -0.950. The predicted octanol–water partition coefficient (Wildman–Crippen LogP) is 2.64. The van der Waals surface area contributed by atoms with E-state index in [0.29, 0.717) is 0 Å². The zero-order valence-electron chi connectivity index (χ0n) is 9.92. The number of hydrogen-bond acceptors (Lipinski definition) is 1. The monoisotopic (exact) mass is 262 g/mol. The van der Waals surface area contributed by atoms with Crippen molar-refractivity contribution in [3.05, 3.63) is 59.7 Å². The van der Waals surface area contributed by atoms with Crippen LogP contribution >= 0.6 is 6.26 Å². The van der Waals surface area contributed by atoms with Gasteiger partial charge in [0.05, 0.1) is 0 Å². The third kappa shape index (κ3) is 2.66. The number of rotatable bonds is 2. The van der Waals surface area contributed by atoms with Crippen LogP contribution in [0.1, 0.15) is 11.1 Å². The lowest BCUT2D eigenvalue weighted by atomic mass is 10.2. The fourth-order valence-corrected chi connectivity index (χ4v) is 3.78. The molecule has 0 atom stereocenters. The summed E-state index contributed by atoms with van der Waals surface area (Å²) in [6.45, 7) is 4.05. The fraction of sp³-hybridized carbons (Fsp3) is 0.143. The van der Waals surface area contributed by atoms with Crippen molar-refractivity contribution >= 4 is 28.7 Å². The molecule has 0 heterocycles. The van der Waals surface area contributed by atoms with Crippen LogP contribution < -0.4 is 10.6 Å².